The standard InChI is InChI=1S/C18H17ClN4O/c19-13-5-3-4-12-7-8-14(22-16(12)13)17-20-10-11-23(17)15-6-1-2-9-21-18(15)24/h3-5,7-8,10-11,15H,1-2,6,9H2,(H,21,24)/t15-/m0/s1. The molecule has 1 saturated heterocycles. The van der Waals surface area contributed by atoms with E-state index in [1.54, 1.807) is 6.20 Å². The van der Waals surface area contributed by atoms with E-state index in [9.17, 15) is 4.79 Å². The van der Waals surface area contributed by atoms with E-state index in [4.69, 9.17) is 11.6 Å². The molecule has 0 spiro atoms. The Morgan fingerprint density at radius 1 is 1.21 bits per heavy atom. The smallest absolute Gasteiger partial charge is 0.243 e. The second kappa shape index (κ2) is 6.24. The van der Waals surface area contributed by atoms with Crippen molar-refractivity contribution in [3.8, 4) is 11.5 Å². The van der Waals surface area contributed by atoms with Crippen molar-refractivity contribution in [3.05, 3.63) is 47.7 Å². The SMILES string of the molecule is O=C1NCCCC[C@@H]1n1ccnc1-c1ccc2cccc(Cl)c2n1. The van der Waals surface area contributed by atoms with Crippen LogP contribution in [0.4, 0.5) is 0 Å². The van der Waals surface area contributed by atoms with Crippen LogP contribution in [0.25, 0.3) is 22.4 Å². The van der Waals surface area contributed by atoms with Gasteiger partial charge < -0.3 is 9.88 Å². The molecule has 0 bridgehead atoms. The van der Waals surface area contributed by atoms with Gasteiger partial charge in [-0.1, -0.05) is 29.8 Å². The van der Waals surface area contributed by atoms with E-state index in [1.165, 1.54) is 0 Å². The second-order valence-electron chi connectivity index (χ2n) is 5.97. The van der Waals surface area contributed by atoms with Crippen molar-refractivity contribution in [2.24, 2.45) is 0 Å². The maximum atomic E-state index is 12.4. The summed E-state index contributed by atoms with van der Waals surface area (Å²) < 4.78 is 1.92. The highest BCUT2D eigenvalue weighted by Crippen LogP contribution is 2.28. The monoisotopic (exact) mass is 340 g/mol. The van der Waals surface area contributed by atoms with Gasteiger partial charge in [-0.25, -0.2) is 9.97 Å². The molecule has 1 N–H and O–H groups in total. The Hall–Kier alpha value is -2.40. The molecule has 1 aliphatic heterocycles. The molecule has 24 heavy (non-hydrogen) atoms. The molecule has 5 nitrogen and oxygen atoms in total. The van der Waals surface area contributed by atoms with Crippen LogP contribution in [0.2, 0.25) is 5.02 Å². The lowest BCUT2D eigenvalue weighted by Gasteiger charge is -2.17. The second-order valence-corrected chi connectivity index (χ2v) is 6.38. The zero-order valence-corrected chi connectivity index (χ0v) is 13.8. The van der Waals surface area contributed by atoms with E-state index >= 15 is 0 Å². The Kier molecular flexibility index (Phi) is 3.94. The van der Waals surface area contributed by atoms with Gasteiger partial charge in [0.25, 0.3) is 0 Å². The van der Waals surface area contributed by atoms with Gasteiger partial charge in [0, 0.05) is 24.3 Å². The van der Waals surface area contributed by atoms with Crippen LogP contribution in [0.1, 0.15) is 25.3 Å². The quantitative estimate of drug-likeness (QED) is 0.775. The molecule has 1 atom stereocenters. The third-order valence-electron chi connectivity index (χ3n) is 4.41. The minimum atomic E-state index is -0.242. The highest BCUT2D eigenvalue weighted by Gasteiger charge is 2.25. The molecule has 6 heteroatoms. The minimum absolute atomic E-state index is 0.0468. The van der Waals surface area contributed by atoms with Crippen LogP contribution in [0.5, 0.6) is 0 Å². The summed E-state index contributed by atoms with van der Waals surface area (Å²) in [6, 6.07) is 9.37. The lowest BCUT2D eigenvalue weighted by atomic mass is 10.1. The number of pyridine rings is 1. The molecule has 122 valence electrons. The van der Waals surface area contributed by atoms with E-state index in [-0.39, 0.29) is 11.9 Å². The number of benzene rings is 1. The Balaban J connectivity index is 1.79. The summed E-state index contributed by atoms with van der Waals surface area (Å²) in [7, 11) is 0. The maximum absolute atomic E-state index is 12.4. The van der Waals surface area contributed by atoms with Gasteiger partial charge in [-0.05, 0) is 31.4 Å². The molecule has 0 unspecified atom stereocenters. The zero-order chi connectivity index (χ0) is 16.5. The molecule has 0 saturated carbocycles. The van der Waals surface area contributed by atoms with Gasteiger partial charge in [0.15, 0.2) is 5.82 Å². The van der Waals surface area contributed by atoms with Crippen molar-refractivity contribution in [2.75, 3.05) is 6.54 Å². The number of amides is 1. The summed E-state index contributed by atoms with van der Waals surface area (Å²) in [5.74, 6) is 0.740. The largest absolute Gasteiger partial charge is 0.354 e. The Bertz CT molecular complexity index is 905. The first-order valence-electron chi connectivity index (χ1n) is 8.10. The number of halogens is 1. The normalized spacial score (nSPS) is 18.4. The van der Waals surface area contributed by atoms with Crippen molar-refractivity contribution in [3.63, 3.8) is 0 Å². The molecule has 3 heterocycles. The highest BCUT2D eigenvalue weighted by molar-refractivity contribution is 6.35. The summed E-state index contributed by atoms with van der Waals surface area (Å²) in [4.78, 5) is 21.5. The number of aromatic nitrogens is 3. The first-order valence-corrected chi connectivity index (χ1v) is 8.48. The Labute approximate surface area is 144 Å². The predicted molar refractivity (Wildman–Crippen MR) is 93.9 cm³/mol. The van der Waals surface area contributed by atoms with Gasteiger partial charge in [-0.2, -0.15) is 0 Å². The number of para-hydroxylation sites is 1. The number of nitrogens with zero attached hydrogens (tertiary/aromatic N) is 3. The third-order valence-corrected chi connectivity index (χ3v) is 4.72. The molecule has 1 aliphatic rings. The van der Waals surface area contributed by atoms with Crippen LogP contribution in [0.15, 0.2) is 42.7 Å². The van der Waals surface area contributed by atoms with E-state index in [2.05, 4.69) is 15.3 Å². The summed E-state index contributed by atoms with van der Waals surface area (Å²) in [5, 5.41) is 4.56. The topological polar surface area (TPSA) is 59.8 Å². The molecular formula is C18H17ClN4O. The summed E-state index contributed by atoms with van der Waals surface area (Å²) in [6.07, 6.45) is 6.40. The van der Waals surface area contributed by atoms with Crippen molar-refractivity contribution in [2.45, 2.75) is 25.3 Å². The zero-order valence-electron chi connectivity index (χ0n) is 13.1. The molecule has 1 aromatic carbocycles. The Morgan fingerprint density at radius 3 is 3.04 bits per heavy atom. The number of fused-ring (bicyclic) bond motifs is 1. The van der Waals surface area contributed by atoms with Crippen molar-refractivity contribution >= 4 is 28.4 Å². The van der Waals surface area contributed by atoms with E-state index in [0.29, 0.717) is 10.8 Å². The average Bonchev–Trinajstić information content (AvgIpc) is 2.97. The molecule has 3 aromatic rings. The average molecular weight is 341 g/mol. The minimum Gasteiger partial charge on any atom is -0.354 e. The van der Waals surface area contributed by atoms with Crippen LogP contribution < -0.4 is 5.32 Å². The third kappa shape index (κ3) is 2.65. The van der Waals surface area contributed by atoms with Crippen molar-refractivity contribution in [1.82, 2.24) is 19.9 Å². The van der Waals surface area contributed by atoms with Crippen LogP contribution in [0.3, 0.4) is 0 Å². The maximum Gasteiger partial charge on any atom is 0.243 e. The van der Waals surface area contributed by atoms with E-state index in [1.807, 2.05) is 41.1 Å². The fourth-order valence-electron chi connectivity index (χ4n) is 3.19. The molecule has 2 aromatic heterocycles. The number of hydrogen-bond donors (Lipinski definition) is 1. The fraction of sp³-hybridized carbons (Fsp3) is 0.278. The molecule has 1 amide bonds. The van der Waals surface area contributed by atoms with Crippen LogP contribution >= 0.6 is 11.6 Å². The summed E-state index contributed by atoms with van der Waals surface area (Å²) >= 11 is 6.27. The molecule has 4 rings (SSSR count). The van der Waals surface area contributed by atoms with Crippen molar-refractivity contribution in [1.29, 1.82) is 0 Å². The number of carbonyl (C=O) groups is 1. The number of rotatable bonds is 2. The van der Waals surface area contributed by atoms with E-state index < -0.39 is 0 Å². The fourth-order valence-corrected chi connectivity index (χ4v) is 3.41. The molecule has 0 aliphatic carbocycles. The van der Waals surface area contributed by atoms with E-state index in [0.717, 1.165) is 42.4 Å². The number of hydrogen-bond acceptors (Lipinski definition) is 3. The summed E-state index contributed by atoms with van der Waals surface area (Å²) in [6.45, 7) is 0.739. The first kappa shape index (κ1) is 15.1. The highest BCUT2D eigenvalue weighted by atomic mass is 35.5. The number of nitrogens with one attached hydrogen (secondary N) is 1. The number of imidazole rings is 1. The molecule has 1 fully saturated rings. The van der Waals surface area contributed by atoms with Crippen LogP contribution in [0, 0.1) is 0 Å². The van der Waals surface area contributed by atoms with Gasteiger partial charge >= 0.3 is 0 Å². The molecular weight excluding hydrogens is 324 g/mol. The van der Waals surface area contributed by atoms with Gasteiger partial charge in [-0.15, -0.1) is 0 Å². The van der Waals surface area contributed by atoms with Crippen LogP contribution in [-0.4, -0.2) is 27.0 Å². The van der Waals surface area contributed by atoms with Gasteiger partial charge in [0.2, 0.25) is 5.91 Å². The molecule has 0 radical (unpaired) electrons. The van der Waals surface area contributed by atoms with Gasteiger partial charge in [0.05, 0.1) is 10.5 Å². The van der Waals surface area contributed by atoms with Crippen molar-refractivity contribution < 1.29 is 4.79 Å². The Morgan fingerprint density at radius 2 is 2.12 bits per heavy atom. The van der Waals surface area contributed by atoms with Gasteiger partial charge in [-0.3, -0.25) is 4.79 Å². The first-order chi connectivity index (χ1) is 11.7. The van der Waals surface area contributed by atoms with Gasteiger partial charge in [0.1, 0.15) is 11.7 Å². The lowest BCUT2D eigenvalue weighted by Crippen LogP contribution is -2.31. The lowest BCUT2D eigenvalue weighted by molar-refractivity contribution is -0.124. The number of carbonyl (C=O) groups excluding carboxylic acids is 1. The van der Waals surface area contributed by atoms with Crippen LogP contribution in [-0.2, 0) is 4.79 Å². The predicted octanol–water partition coefficient (Wildman–Crippen LogP) is 3.59. The summed E-state index contributed by atoms with van der Waals surface area (Å²) in [5.41, 5.74) is 1.47.